The third-order valence-electron chi connectivity index (χ3n) is 5.59. The number of carbonyl (C=O) groups excluding carboxylic acids is 2. The van der Waals surface area contributed by atoms with Gasteiger partial charge in [0.1, 0.15) is 23.6 Å². The Morgan fingerprint density at radius 3 is 1.76 bits per heavy atom. The summed E-state index contributed by atoms with van der Waals surface area (Å²) >= 11 is 0. The zero-order chi connectivity index (χ0) is 25.0. The molecule has 6 heteroatoms. The average Bonchev–Trinajstić information content (AvgIpc) is 3.08. The molecule has 34 heavy (non-hydrogen) atoms. The number of fused-ring (bicyclic) bond motifs is 1. The maximum atomic E-state index is 13.4. The first-order valence-electron chi connectivity index (χ1n) is 10.8. The molecule has 1 heterocycles. The highest BCUT2D eigenvalue weighted by molar-refractivity contribution is 6.34. The van der Waals surface area contributed by atoms with Crippen LogP contribution in [0.15, 0.2) is 42.5 Å². The molecule has 0 saturated carbocycles. The Morgan fingerprint density at radius 2 is 1.29 bits per heavy atom. The van der Waals surface area contributed by atoms with Gasteiger partial charge in [0, 0.05) is 22.4 Å². The Morgan fingerprint density at radius 1 is 0.794 bits per heavy atom. The van der Waals surface area contributed by atoms with Crippen LogP contribution in [0.1, 0.15) is 43.7 Å². The van der Waals surface area contributed by atoms with Gasteiger partial charge in [-0.15, -0.1) is 0 Å². The van der Waals surface area contributed by atoms with Gasteiger partial charge in [-0.1, -0.05) is 0 Å². The van der Waals surface area contributed by atoms with E-state index < -0.39 is 0 Å². The molecule has 5 nitrogen and oxygen atoms in total. The molecular formula is C28H28FNO4. The van der Waals surface area contributed by atoms with E-state index in [4.69, 9.17) is 9.47 Å². The normalized spacial score (nSPS) is 13.0. The molecule has 3 aromatic carbocycles. The minimum absolute atomic E-state index is 0.216. The number of methoxy groups -OCH3 is 2. The van der Waals surface area contributed by atoms with Gasteiger partial charge in [-0.25, -0.2) is 4.39 Å². The van der Waals surface area contributed by atoms with Crippen molar-refractivity contribution < 1.29 is 23.5 Å². The molecule has 0 radical (unpaired) electrons. The maximum absolute atomic E-state index is 13.4. The summed E-state index contributed by atoms with van der Waals surface area (Å²) < 4.78 is 23.9. The Labute approximate surface area is 199 Å². The smallest absolute Gasteiger partial charge is 0.256 e. The summed E-state index contributed by atoms with van der Waals surface area (Å²) in [5, 5.41) is 2.75. The van der Waals surface area contributed by atoms with E-state index in [1.807, 2.05) is 52.0 Å². The standard InChI is InChI=1S/C18H16FNO2.C10H12O2/c1-10-6-12(7-11(2)17(10)22-3)8-15-14-9-13(19)4-5-16(14)20-18(15)21;1-7-4-9(6-11)5-8(2)10(7)12-3/h4-9H,1-3H3,(H,20,21);4-6H,1-3H3. The van der Waals surface area contributed by atoms with E-state index in [9.17, 15) is 14.0 Å². The lowest BCUT2D eigenvalue weighted by atomic mass is 10.0. The van der Waals surface area contributed by atoms with Crippen LogP contribution in [0.3, 0.4) is 0 Å². The van der Waals surface area contributed by atoms with Crippen LogP contribution < -0.4 is 14.8 Å². The molecule has 1 amide bonds. The van der Waals surface area contributed by atoms with Crippen molar-refractivity contribution >= 4 is 29.5 Å². The summed E-state index contributed by atoms with van der Waals surface area (Å²) in [6.45, 7) is 7.77. The van der Waals surface area contributed by atoms with Crippen LogP contribution in [0.4, 0.5) is 10.1 Å². The van der Waals surface area contributed by atoms with E-state index in [0.717, 1.165) is 45.6 Å². The second-order valence-corrected chi connectivity index (χ2v) is 8.20. The van der Waals surface area contributed by atoms with Crippen molar-refractivity contribution in [2.24, 2.45) is 0 Å². The van der Waals surface area contributed by atoms with Crippen molar-refractivity contribution in [2.75, 3.05) is 19.5 Å². The van der Waals surface area contributed by atoms with Crippen molar-refractivity contribution in [3.05, 3.63) is 87.2 Å². The van der Waals surface area contributed by atoms with Gasteiger partial charge in [0.15, 0.2) is 0 Å². The Hall–Kier alpha value is -3.93. The maximum Gasteiger partial charge on any atom is 0.256 e. The summed E-state index contributed by atoms with van der Waals surface area (Å²) in [6, 6.07) is 11.8. The van der Waals surface area contributed by atoms with Crippen molar-refractivity contribution in [3.63, 3.8) is 0 Å². The molecule has 1 N–H and O–H groups in total. The number of amides is 1. The topological polar surface area (TPSA) is 64.6 Å². The van der Waals surface area contributed by atoms with Crippen molar-refractivity contribution in [1.29, 1.82) is 0 Å². The molecule has 3 aromatic rings. The number of rotatable bonds is 4. The average molecular weight is 462 g/mol. The van der Waals surface area contributed by atoms with E-state index in [-0.39, 0.29) is 11.7 Å². The highest BCUT2D eigenvalue weighted by Crippen LogP contribution is 2.34. The van der Waals surface area contributed by atoms with Crippen LogP contribution in [-0.4, -0.2) is 26.4 Å². The second-order valence-electron chi connectivity index (χ2n) is 8.20. The summed E-state index contributed by atoms with van der Waals surface area (Å²) in [5.74, 6) is 1.13. The quantitative estimate of drug-likeness (QED) is 0.378. The van der Waals surface area contributed by atoms with Gasteiger partial charge in [0.25, 0.3) is 5.91 Å². The van der Waals surface area contributed by atoms with Crippen LogP contribution in [0.25, 0.3) is 11.6 Å². The van der Waals surface area contributed by atoms with Crippen LogP contribution >= 0.6 is 0 Å². The first-order chi connectivity index (χ1) is 16.2. The highest BCUT2D eigenvalue weighted by atomic mass is 19.1. The lowest BCUT2D eigenvalue weighted by Crippen LogP contribution is -2.03. The third kappa shape index (κ3) is 5.17. The summed E-state index contributed by atoms with van der Waals surface area (Å²) in [6.07, 6.45) is 2.62. The fourth-order valence-corrected chi connectivity index (χ4v) is 4.23. The lowest BCUT2D eigenvalue weighted by molar-refractivity contribution is -0.110. The number of hydrogen-bond donors (Lipinski definition) is 1. The number of benzene rings is 3. The van der Waals surface area contributed by atoms with Crippen LogP contribution in [0.2, 0.25) is 0 Å². The SMILES string of the molecule is COc1c(C)cc(C=C2C(=O)Nc3ccc(F)cc32)cc1C.COc1c(C)cc(C=O)cc1C. The molecule has 0 bridgehead atoms. The van der Waals surface area contributed by atoms with Crippen LogP contribution in [-0.2, 0) is 4.79 Å². The Balaban J connectivity index is 0.000000229. The van der Waals surface area contributed by atoms with Crippen LogP contribution in [0.5, 0.6) is 11.5 Å². The minimum atomic E-state index is -0.358. The second kappa shape index (κ2) is 10.3. The fraction of sp³-hybridized carbons (Fsp3) is 0.214. The number of ether oxygens (including phenoxy) is 2. The first-order valence-corrected chi connectivity index (χ1v) is 10.8. The molecule has 0 saturated heterocycles. The van der Waals surface area contributed by atoms with Gasteiger partial charge in [-0.2, -0.15) is 0 Å². The molecule has 0 aliphatic carbocycles. The molecule has 0 spiro atoms. The molecule has 0 fully saturated rings. The van der Waals surface area contributed by atoms with Gasteiger partial charge in [-0.3, -0.25) is 9.59 Å². The fourth-order valence-electron chi connectivity index (χ4n) is 4.23. The summed E-state index contributed by atoms with van der Waals surface area (Å²) in [5.41, 5.74) is 7.27. The number of halogens is 1. The highest BCUT2D eigenvalue weighted by Gasteiger charge is 2.24. The molecular weight excluding hydrogens is 433 g/mol. The molecule has 0 aromatic heterocycles. The predicted molar refractivity (Wildman–Crippen MR) is 133 cm³/mol. The molecule has 0 unspecified atom stereocenters. The predicted octanol–water partition coefficient (Wildman–Crippen LogP) is 6.07. The number of hydrogen-bond acceptors (Lipinski definition) is 4. The third-order valence-corrected chi connectivity index (χ3v) is 5.59. The van der Waals surface area contributed by atoms with Gasteiger partial charge in [0.2, 0.25) is 0 Å². The van der Waals surface area contributed by atoms with E-state index in [1.54, 1.807) is 26.4 Å². The van der Waals surface area contributed by atoms with Crippen molar-refractivity contribution in [1.82, 2.24) is 0 Å². The Bertz CT molecular complexity index is 1250. The molecule has 1 aliphatic heterocycles. The Kier molecular flexibility index (Phi) is 7.51. The molecule has 0 atom stereocenters. The number of carbonyl (C=O) groups is 2. The number of nitrogens with one attached hydrogen (secondary N) is 1. The zero-order valence-electron chi connectivity index (χ0n) is 20.2. The summed E-state index contributed by atoms with van der Waals surface area (Å²) in [7, 11) is 3.27. The molecule has 176 valence electrons. The number of anilines is 1. The minimum Gasteiger partial charge on any atom is -0.496 e. The van der Waals surface area contributed by atoms with Crippen molar-refractivity contribution in [3.8, 4) is 11.5 Å². The first kappa shape index (κ1) is 24.7. The van der Waals surface area contributed by atoms with Gasteiger partial charge in [0.05, 0.1) is 14.2 Å². The summed E-state index contributed by atoms with van der Waals surface area (Å²) in [4.78, 5) is 22.6. The largest absolute Gasteiger partial charge is 0.496 e. The van der Waals surface area contributed by atoms with Crippen molar-refractivity contribution in [2.45, 2.75) is 27.7 Å². The van der Waals surface area contributed by atoms with Gasteiger partial charge >= 0.3 is 0 Å². The molecule has 4 rings (SSSR count). The zero-order valence-corrected chi connectivity index (χ0v) is 20.2. The number of aldehydes is 1. The number of aryl methyl sites for hydroxylation is 4. The lowest BCUT2D eigenvalue weighted by Gasteiger charge is -2.10. The van der Waals surface area contributed by atoms with E-state index in [2.05, 4.69) is 5.32 Å². The molecule has 1 aliphatic rings. The van der Waals surface area contributed by atoms with Gasteiger partial charge < -0.3 is 14.8 Å². The van der Waals surface area contributed by atoms with E-state index >= 15 is 0 Å². The van der Waals surface area contributed by atoms with E-state index in [1.165, 1.54) is 12.1 Å². The van der Waals surface area contributed by atoms with Crippen LogP contribution in [0, 0.1) is 33.5 Å². The van der Waals surface area contributed by atoms with E-state index in [0.29, 0.717) is 22.4 Å². The monoisotopic (exact) mass is 461 g/mol. The van der Waals surface area contributed by atoms with Gasteiger partial charge in [-0.05, 0) is 104 Å².